The van der Waals surface area contributed by atoms with E-state index in [9.17, 15) is 4.79 Å². The number of aromatic nitrogens is 3. The summed E-state index contributed by atoms with van der Waals surface area (Å²) < 4.78 is 18.5. The number of carbonyl (C=O) groups is 1. The standard InChI is InChI=1S/C23H26Cl2N4O4S/c1-6-29-22(14(3)33-15-7-8-16(24)13(2)9-15)27-28-23(29)34-12-21(30)26-18-11-19(31-4)17(25)10-20(18)32-5/h7-11,14H,6,12H2,1-5H3,(H,26,30). The fourth-order valence-corrected chi connectivity index (χ4v) is 4.38. The van der Waals surface area contributed by atoms with Crippen LogP contribution in [0.15, 0.2) is 35.5 Å². The van der Waals surface area contributed by atoms with Gasteiger partial charge in [-0.2, -0.15) is 0 Å². The number of methoxy groups -OCH3 is 2. The van der Waals surface area contributed by atoms with Gasteiger partial charge in [0.2, 0.25) is 5.91 Å². The SMILES string of the molecule is CCn1c(SCC(=O)Nc2cc(OC)c(Cl)cc2OC)nnc1C(C)Oc1ccc(Cl)c(C)c1. The lowest BCUT2D eigenvalue weighted by molar-refractivity contribution is -0.113. The van der Waals surface area contributed by atoms with Crippen molar-refractivity contribution in [3.05, 3.63) is 51.8 Å². The Balaban J connectivity index is 1.67. The molecule has 0 spiro atoms. The van der Waals surface area contributed by atoms with Gasteiger partial charge in [-0.1, -0.05) is 35.0 Å². The van der Waals surface area contributed by atoms with E-state index in [-0.39, 0.29) is 17.8 Å². The molecular formula is C23H26Cl2N4O4S. The molecule has 8 nitrogen and oxygen atoms in total. The van der Waals surface area contributed by atoms with Gasteiger partial charge in [0.1, 0.15) is 17.2 Å². The summed E-state index contributed by atoms with van der Waals surface area (Å²) in [5, 5.41) is 13.1. The number of halogens is 2. The zero-order valence-electron chi connectivity index (χ0n) is 19.5. The molecule has 34 heavy (non-hydrogen) atoms. The van der Waals surface area contributed by atoms with Gasteiger partial charge in [-0.15, -0.1) is 10.2 Å². The lowest BCUT2D eigenvalue weighted by Crippen LogP contribution is -2.16. The van der Waals surface area contributed by atoms with Crippen LogP contribution >= 0.6 is 35.0 Å². The van der Waals surface area contributed by atoms with Crippen LogP contribution in [0, 0.1) is 6.92 Å². The first-order chi connectivity index (χ1) is 16.3. The second kappa shape index (κ2) is 11.7. The predicted molar refractivity (Wildman–Crippen MR) is 135 cm³/mol. The molecule has 2 aromatic carbocycles. The average Bonchev–Trinajstić information content (AvgIpc) is 3.24. The van der Waals surface area contributed by atoms with E-state index < -0.39 is 0 Å². The van der Waals surface area contributed by atoms with Gasteiger partial charge in [-0.05, 0) is 44.5 Å². The van der Waals surface area contributed by atoms with Gasteiger partial charge in [-0.3, -0.25) is 4.79 Å². The molecule has 182 valence electrons. The number of aryl methyl sites for hydroxylation is 1. The van der Waals surface area contributed by atoms with Gasteiger partial charge >= 0.3 is 0 Å². The summed E-state index contributed by atoms with van der Waals surface area (Å²) in [5.74, 6) is 2.12. The Kier molecular flexibility index (Phi) is 8.93. The molecule has 0 saturated carbocycles. The first kappa shape index (κ1) is 26.0. The Labute approximate surface area is 212 Å². The molecule has 1 amide bonds. The molecule has 1 atom stereocenters. The molecule has 1 N–H and O–H groups in total. The first-order valence-corrected chi connectivity index (χ1v) is 12.2. The summed E-state index contributed by atoms with van der Waals surface area (Å²) >= 11 is 13.5. The second-order valence-corrected chi connectivity index (χ2v) is 9.04. The quantitative estimate of drug-likeness (QED) is 0.335. The lowest BCUT2D eigenvalue weighted by Gasteiger charge is -2.16. The van der Waals surface area contributed by atoms with Gasteiger partial charge in [0.25, 0.3) is 0 Å². The number of anilines is 1. The summed E-state index contributed by atoms with van der Waals surface area (Å²) in [7, 11) is 3.01. The monoisotopic (exact) mass is 524 g/mol. The van der Waals surface area contributed by atoms with Crippen LogP contribution in [-0.2, 0) is 11.3 Å². The maximum atomic E-state index is 12.6. The van der Waals surface area contributed by atoms with Crippen molar-refractivity contribution in [3.63, 3.8) is 0 Å². The maximum Gasteiger partial charge on any atom is 0.234 e. The zero-order chi connectivity index (χ0) is 24.8. The molecular weight excluding hydrogens is 499 g/mol. The van der Waals surface area contributed by atoms with Crippen LogP contribution in [0.2, 0.25) is 10.0 Å². The van der Waals surface area contributed by atoms with Crippen LogP contribution in [0.25, 0.3) is 0 Å². The van der Waals surface area contributed by atoms with Crippen molar-refractivity contribution >= 4 is 46.6 Å². The van der Waals surface area contributed by atoms with Crippen LogP contribution in [0.4, 0.5) is 5.69 Å². The Morgan fingerprint density at radius 1 is 1.12 bits per heavy atom. The number of ether oxygens (including phenoxy) is 3. The third-order valence-corrected chi connectivity index (χ3v) is 6.63. The molecule has 0 fully saturated rings. The number of thioether (sulfide) groups is 1. The number of carbonyl (C=O) groups excluding carboxylic acids is 1. The van der Waals surface area contributed by atoms with E-state index in [0.717, 1.165) is 5.56 Å². The van der Waals surface area contributed by atoms with E-state index in [1.165, 1.54) is 26.0 Å². The van der Waals surface area contributed by atoms with Gasteiger partial charge in [-0.25, -0.2) is 0 Å². The fourth-order valence-electron chi connectivity index (χ4n) is 3.23. The molecule has 1 heterocycles. The second-order valence-electron chi connectivity index (χ2n) is 7.28. The van der Waals surface area contributed by atoms with Crippen LogP contribution in [0.5, 0.6) is 17.2 Å². The molecule has 3 rings (SSSR count). The number of benzene rings is 2. The summed E-state index contributed by atoms with van der Waals surface area (Å²) in [5.41, 5.74) is 1.40. The van der Waals surface area contributed by atoms with Crippen LogP contribution < -0.4 is 19.5 Å². The van der Waals surface area contributed by atoms with E-state index in [4.69, 9.17) is 37.4 Å². The summed E-state index contributed by atoms with van der Waals surface area (Å²) in [4.78, 5) is 12.6. The van der Waals surface area contributed by atoms with Crippen LogP contribution in [-0.4, -0.2) is 40.6 Å². The molecule has 0 radical (unpaired) electrons. The van der Waals surface area contributed by atoms with Crippen LogP contribution in [0.3, 0.4) is 0 Å². The Bertz CT molecular complexity index is 1170. The minimum atomic E-state index is -0.345. The van der Waals surface area contributed by atoms with E-state index in [1.54, 1.807) is 18.2 Å². The normalized spacial score (nSPS) is 11.7. The average molecular weight is 525 g/mol. The minimum Gasteiger partial charge on any atom is -0.495 e. The number of nitrogens with zero attached hydrogens (tertiary/aromatic N) is 3. The Morgan fingerprint density at radius 2 is 1.85 bits per heavy atom. The molecule has 0 aliphatic carbocycles. The van der Waals surface area contributed by atoms with E-state index in [2.05, 4.69) is 15.5 Å². The fraction of sp³-hybridized carbons (Fsp3) is 0.348. The van der Waals surface area contributed by atoms with E-state index in [1.807, 2.05) is 37.5 Å². The van der Waals surface area contributed by atoms with Crippen LogP contribution in [0.1, 0.15) is 31.3 Å². The van der Waals surface area contributed by atoms with Gasteiger partial charge < -0.3 is 24.1 Å². The Hall–Kier alpha value is -2.62. The molecule has 1 aromatic heterocycles. The van der Waals surface area contributed by atoms with E-state index in [0.29, 0.717) is 50.5 Å². The topological polar surface area (TPSA) is 87.5 Å². The zero-order valence-corrected chi connectivity index (χ0v) is 21.8. The highest BCUT2D eigenvalue weighted by Gasteiger charge is 2.20. The van der Waals surface area contributed by atoms with Gasteiger partial charge in [0, 0.05) is 23.7 Å². The molecule has 11 heteroatoms. The number of hydrogen-bond acceptors (Lipinski definition) is 7. The first-order valence-electron chi connectivity index (χ1n) is 10.5. The molecule has 3 aromatic rings. The number of amides is 1. The van der Waals surface area contributed by atoms with Crippen molar-refractivity contribution < 1.29 is 19.0 Å². The Morgan fingerprint density at radius 3 is 2.50 bits per heavy atom. The van der Waals surface area contributed by atoms with Gasteiger partial charge in [0.15, 0.2) is 17.1 Å². The van der Waals surface area contributed by atoms with Crippen molar-refractivity contribution in [3.8, 4) is 17.2 Å². The minimum absolute atomic E-state index is 0.123. The van der Waals surface area contributed by atoms with Crippen molar-refractivity contribution in [2.24, 2.45) is 0 Å². The number of hydrogen-bond donors (Lipinski definition) is 1. The predicted octanol–water partition coefficient (Wildman–Crippen LogP) is 5.80. The lowest BCUT2D eigenvalue weighted by atomic mass is 10.2. The molecule has 1 unspecified atom stereocenters. The summed E-state index contributed by atoms with van der Waals surface area (Å²) in [6.07, 6.45) is -0.345. The third kappa shape index (κ3) is 6.08. The van der Waals surface area contributed by atoms with Gasteiger partial charge in [0.05, 0.1) is 30.7 Å². The van der Waals surface area contributed by atoms with Crippen molar-refractivity contribution in [1.82, 2.24) is 14.8 Å². The highest BCUT2D eigenvalue weighted by molar-refractivity contribution is 7.99. The smallest absolute Gasteiger partial charge is 0.234 e. The highest BCUT2D eigenvalue weighted by atomic mass is 35.5. The molecule has 0 aliphatic rings. The van der Waals surface area contributed by atoms with Crippen molar-refractivity contribution in [1.29, 1.82) is 0 Å². The maximum absolute atomic E-state index is 12.6. The number of rotatable bonds is 10. The number of nitrogens with one attached hydrogen (secondary N) is 1. The summed E-state index contributed by atoms with van der Waals surface area (Å²) in [6, 6.07) is 8.71. The van der Waals surface area contributed by atoms with Crippen molar-refractivity contribution in [2.45, 2.75) is 38.6 Å². The molecule has 0 aliphatic heterocycles. The highest BCUT2D eigenvalue weighted by Crippen LogP contribution is 2.36. The third-order valence-electron chi connectivity index (χ3n) is 4.95. The summed E-state index contributed by atoms with van der Waals surface area (Å²) in [6.45, 7) is 6.44. The largest absolute Gasteiger partial charge is 0.495 e. The molecule has 0 bridgehead atoms. The van der Waals surface area contributed by atoms with Crippen molar-refractivity contribution in [2.75, 3.05) is 25.3 Å². The molecule has 0 saturated heterocycles. The van der Waals surface area contributed by atoms with E-state index >= 15 is 0 Å².